The Morgan fingerprint density at radius 2 is 2.00 bits per heavy atom. The van der Waals surface area contributed by atoms with Crippen molar-refractivity contribution in [3.63, 3.8) is 0 Å². The third-order valence-electron chi connectivity index (χ3n) is 6.15. The van der Waals surface area contributed by atoms with Gasteiger partial charge in [-0.1, -0.05) is 20.3 Å². The first-order chi connectivity index (χ1) is 11.9. The van der Waals surface area contributed by atoms with Gasteiger partial charge in [0.1, 0.15) is 12.0 Å². The van der Waals surface area contributed by atoms with Crippen LogP contribution in [0.25, 0.3) is 0 Å². The second-order valence-corrected chi connectivity index (χ2v) is 9.66. The van der Waals surface area contributed by atoms with Crippen LogP contribution >= 0.6 is 23.5 Å². The zero-order valence-electron chi connectivity index (χ0n) is 16.0. The molecule has 6 heteroatoms. The Kier molecular flexibility index (Phi) is 8.92. The number of thioether (sulfide) groups is 2. The van der Waals surface area contributed by atoms with Crippen LogP contribution < -0.4 is 0 Å². The SMILES string of the molecule is CSC(=O)OCCS[C@H](O)C(C)[C@@H]1CC[C@@H](C)[C@@H]2CCC(C)OCC12. The number of hydrogen-bond acceptors (Lipinski definition) is 6. The molecule has 0 radical (unpaired) electrons. The minimum Gasteiger partial charge on any atom is -0.457 e. The second kappa shape index (κ2) is 10.4. The van der Waals surface area contributed by atoms with E-state index < -0.39 is 5.44 Å². The van der Waals surface area contributed by atoms with E-state index >= 15 is 0 Å². The van der Waals surface area contributed by atoms with Crippen LogP contribution in [0.15, 0.2) is 0 Å². The van der Waals surface area contributed by atoms with E-state index in [-0.39, 0.29) is 11.2 Å². The Labute approximate surface area is 161 Å². The van der Waals surface area contributed by atoms with E-state index in [0.29, 0.717) is 30.3 Å². The predicted octanol–water partition coefficient (Wildman–Crippen LogP) is 4.65. The van der Waals surface area contributed by atoms with Gasteiger partial charge in [0.05, 0.1) is 12.7 Å². The maximum atomic E-state index is 11.1. The summed E-state index contributed by atoms with van der Waals surface area (Å²) in [5, 5.41) is 10.4. The highest BCUT2D eigenvalue weighted by molar-refractivity contribution is 8.12. The van der Waals surface area contributed by atoms with E-state index in [4.69, 9.17) is 9.47 Å². The zero-order chi connectivity index (χ0) is 18.4. The lowest BCUT2D eigenvalue weighted by Gasteiger charge is -2.44. The normalized spacial score (nSPS) is 35.3. The van der Waals surface area contributed by atoms with Crippen LogP contribution in [0.1, 0.15) is 46.5 Å². The van der Waals surface area contributed by atoms with Crippen LogP contribution in [0.4, 0.5) is 4.79 Å². The smallest absolute Gasteiger partial charge is 0.367 e. The van der Waals surface area contributed by atoms with Crippen molar-refractivity contribution in [2.24, 2.45) is 29.6 Å². The second-order valence-electron chi connectivity index (χ2n) is 7.69. The van der Waals surface area contributed by atoms with Gasteiger partial charge in [-0.15, -0.1) is 11.8 Å². The molecule has 0 spiro atoms. The van der Waals surface area contributed by atoms with Crippen molar-refractivity contribution >= 4 is 28.8 Å². The standard InChI is InChI=1S/C19H34O4S2/c1-12-5-7-16(17-11-23-13(2)6-8-15(12)17)14(3)18(20)25-10-9-22-19(21)24-4/h12-18,20H,5-11H2,1-4H3/t12-,13?,14?,15+,16+,17?,18+/m1/s1. The van der Waals surface area contributed by atoms with Gasteiger partial charge in [-0.3, -0.25) is 0 Å². The summed E-state index contributed by atoms with van der Waals surface area (Å²) < 4.78 is 11.1. The minimum atomic E-state index is -0.410. The van der Waals surface area contributed by atoms with E-state index in [1.807, 2.05) is 0 Å². The fraction of sp³-hybridized carbons (Fsp3) is 0.947. The van der Waals surface area contributed by atoms with Gasteiger partial charge in [-0.25, -0.2) is 4.79 Å². The molecule has 3 unspecified atom stereocenters. The lowest BCUT2D eigenvalue weighted by molar-refractivity contribution is -0.0202. The van der Waals surface area contributed by atoms with Crippen molar-refractivity contribution in [3.05, 3.63) is 0 Å². The zero-order valence-corrected chi connectivity index (χ0v) is 17.6. The van der Waals surface area contributed by atoms with Crippen molar-refractivity contribution in [1.29, 1.82) is 0 Å². The maximum absolute atomic E-state index is 11.1. The number of ether oxygens (including phenoxy) is 2. The molecule has 1 aliphatic heterocycles. The van der Waals surface area contributed by atoms with E-state index in [1.165, 1.54) is 31.0 Å². The van der Waals surface area contributed by atoms with Gasteiger partial charge in [0.15, 0.2) is 0 Å². The summed E-state index contributed by atoms with van der Waals surface area (Å²) in [6, 6.07) is 0. The predicted molar refractivity (Wildman–Crippen MR) is 106 cm³/mol. The average Bonchev–Trinajstić information content (AvgIpc) is 2.81. The number of aliphatic hydroxyl groups excluding tert-OH is 1. The number of aliphatic hydroxyl groups is 1. The van der Waals surface area contributed by atoms with Crippen LogP contribution in [-0.4, -0.2) is 47.2 Å². The lowest BCUT2D eigenvalue weighted by atomic mass is 9.63. The quantitative estimate of drug-likeness (QED) is 0.405. The van der Waals surface area contributed by atoms with E-state index in [2.05, 4.69) is 20.8 Å². The third kappa shape index (κ3) is 6.05. The number of rotatable bonds is 6. The number of fused-ring (bicyclic) bond motifs is 1. The molecule has 1 aliphatic carbocycles. The number of carbonyl (C=O) groups is 1. The monoisotopic (exact) mass is 390 g/mol. The summed E-state index contributed by atoms with van der Waals surface area (Å²) in [5.74, 6) is 3.45. The summed E-state index contributed by atoms with van der Waals surface area (Å²) in [6.07, 6.45) is 6.92. The first kappa shape index (κ1) is 21.4. The molecule has 1 N–H and O–H groups in total. The van der Waals surface area contributed by atoms with Crippen LogP contribution in [0.2, 0.25) is 0 Å². The van der Waals surface area contributed by atoms with Gasteiger partial charge in [0, 0.05) is 5.75 Å². The van der Waals surface area contributed by atoms with Gasteiger partial charge in [-0.05, 0) is 73.8 Å². The maximum Gasteiger partial charge on any atom is 0.367 e. The highest BCUT2D eigenvalue weighted by atomic mass is 32.2. The molecular formula is C19H34O4S2. The van der Waals surface area contributed by atoms with E-state index in [0.717, 1.165) is 36.6 Å². The average molecular weight is 391 g/mol. The van der Waals surface area contributed by atoms with Crippen molar-refractivity contribution in [2.75, 3.05) is 25.2 Å². The van der Waals surface area contributed by atoms with E-state index in [9.17, 15) is 9.90 Å². The summed E-state index contributed by atoms with van der Waals surface area (Å²) in [7, 11) is 0. The molecule has 1 heterocycles. The third-order valence-corrected chi connectivity index (χ3v) is 7.77. The molecule has 2 rings (SSSR count). The number of carbonyl (C=O) groups excluding carboxylic acids is 1. The molecule has 2 fully saturated rings. The first-order valence-electron chi connectivity index (χ1n) is 9.56. The lowest BCUT2D eigenvalue weighted by Crippen LogP contribution is -2.41. The highest BCUT2D eigenvalue weighted by Gasteiger charge is 2.42. The molecule has 146 valence electrons. The summed E-state index contributed by atoms with van der Waals surface area (Å²) >= 11 is 2.59. The van der Waals surface area contributed by atoms with Gasteiger partial charge >= 0.3 is 5.30 Å². The van der Waals surface area contributed by atoms with Crippen molar-refractivity contribution in [1.82, 2.24) is 0 Å². The fourth-order valence-corrected chi connectivity index (χ4v) is 5.65. The molecule has 4 nitrogen and oxygen atoms in total. The molecule has 1 saturated heterocycles. The van der Waals surface area contributed by atoms with Crippen LogP contribution in [0.5, 0.6) is 0 Å². The largest absolute Gasteiger partial charge is 0.457 e. The molecular weight excluding hydrogens is 356 g/mol. The topological polar surface area (TPSA) is 55.8 Å². The number of hydrogen-bond donors (Lipinski definition) is 1. The molecule has 0 amide bonds. The Hall–Kier alpha value is 0.0900. The Balaban J connectivity index is 1.88. The van der Waals surface area contributed by atoms with Crippen molar-refractivity contribution in [3.8, 4) is 0 Å². The molecule has 2 aliphatic rings. The van der Waals surface area contributed by atoms with Crippen molar-refractivity contribution < 1.29 is 19.4 Å². The summed E-state index contributed by atoms with van der Waals surface area (Å²) in [4.78, 5) is 11.1. The molecule has 0 bridgehead atoms. The fourth-order valence-electron chi connectivity index (χ4n) is 4.52. The summed E-state index contributed by atoms with van der Waals surface area (Å²) in [6.45, 7) is 7.95. The van der Waals surface area contributed by atoms with Crippen LogP contribution in [0, 0.1) is 29.6 Å². The highest BCUT2D eigenvalue weighted by Crippen LogP contribution is 2.47. The van der Waals surface area contributed by atoms with Gasteiger partial charge < -0.3 is 14.6 Å². The molecule has 0 aromatic carbocycles. The van der Waals surface area contributed by atoms with Gasteiger partial charge in [-0.2, -0.15) is 0 Å². The Bertz CT molecular complexity index is 420. The minimum absolute atomic E-state index is 0.234. The van der Waals surface area contributed by atoms with Crippen molar-refractivity contribution in [2.45, 2.75) is 58.0 Å². The molecule has 1 saturated carbocycles. The van der Waals surface area contributed by atoms with Gasteiger partial charge in [0.2, 0.25) is 0 Å². The van der Waals surface area contributed by atoms with Crippen LogP contribution in [-0.2, 0) is 9.47 Å². The Morgan fingerprint density at radius 1 is 1.24 bits per heavy atom. The first-order valence-corrected chi connectivity index (χ1v) is 11.8. The Morgan fingerprint density at radius 3 is 2.72 bits per heavy atom. The van der Waals surface area contributed by atoms with Crippen LogP contribution in [0.3, 0.4) is 0 Å². The molecule has 0 aromatic rings. The summed E-state index contributed by atoms with van der Waals surface area (Å²) in [5.41, 5.74) is -0.410. The molecule has 7 atom stereocenters. The van der Waals surface area contributed by atoms with E-state index in [1.54, 1.807) is 6.26 Å². The molecule has 25 heavy (non-hydrogen) atoms. The van der Waals surface area contributed by atoms with Gasteiger partial charge in [0.25, 0.3) is 0 Å². The molecule has 0 aromatic heterocycles.